The number of nitrogen functional groups attached to an aromatic ring is 1. The molecule has 1 atom stereocenters. The molecular weight excluding hydrogens is 264 g/mol. The zero-order valence-corrected chi connectivity index (χ0v) is 11.7. The largest absolute Gasteiger partial charge is 0.469 e. The zero-order valence-electron chi connectivity index (χ0n) is 11.7. The van der Waals surface area contributed by atoms with E-state index >= 15 is 0 Å². The third kappa shape index (κ3) is 3.16. The van der Waals surface area contributed by atoms with Gasteiger partial charge in [0.25, 0.3) is 0 Å². The number of rotatable bonds is 3. The Labute approximate surface area is 123 Å². The summed E-state index contributed by atoms with van der Waals surface area (Å²) in [5.74, 6) is 0.903. The van der Waals surface area contributed by atoms with Crippen molar-refractivity contribution >= 4 is 17.7 Å². The van der Waals surface area contributed by atoms with Crippen LogP contribution in [0.4, 0.5) is 5.69 Å². The lowest BCUT2D eigenvalue weighted by molar-refractivity contribution is -0.117. The third-order valence-corrected chi connectivity index (χ3v) is 3.73. The zero-order chi connectivity index (χ0) is 14.7. The van der Waals surface area contributed by atoms with Crippen LogP contribution in [0.25, 0.3) is 6.08 Å². The summed E-state index contributed by atoms with van der Waals surface area (Å²) in [6.45, 7) is 0. The first-order chi connectivity index (χ1) is 10.2. The number of hydrogen-bond acceptors (Lipinski definition) is 3. The maximum atomic E-state index is 12.0. The van der Waals surface area contributed by atoms with Gasteiger partial charge in [-0.25, -0.2) is 0 Å². The average Bonchev–Trinajstić information content (AvgIpc) is 2.96. The van der Waals surface area contributed by atoms with Crippen molar-refractivity contribution in [2.45, 2.75) is 25.3 Å². The number of carbonyl (C=O) groups is 1. The molecule has 1 aliphatic rings. The van der Waals surface area contributed by atoms with Crippen molar-refractivity contribution in [3.05, 3.63) is 59.6 Å². The van der Waals surface area contributed by atoms with Gasteiger partial charge in [0.05, 0.1) is 12.3 Å². The SMILES string of the molecule is Nc1ccc(/C=C/C(=O)NC2CCCc3occc32)cc1. The van der Waals surface area contributed by atoms with Gasteiger partial charge in [-0.1, -0.05) is 12.1 Å². The van der Waals surface area contributed by atoms with Gasteiger partial charge in [-0.2, -0.15) is 0 Å². The normalized spacial score (nSPS) is 17.6. The number of hydrogen-bond donors (Lipinski definition) is 2. The smallest absolute Gasteiger partial charge is 0.244 e. The molecule has 1 aromatic carbocycles. The average molecular weight is 282 g/mol. The molecule has 1 heterocycles. The molecule has 4 nitrogen and oxygen atoms in total. The quantitative estimate of drug-likeness (QED) is 0.671. The molecule has 3 rings (SSSR count). The number of aryl methyl sites for hydroxylation is 1. The molecule has 0 radical (unpaired) electrons. The molecule has 0 bridgehead atoms. The Hall–Kier alpha value is -2.49. The molecule has 2 aromatic rings. The molecule has 1 amide bonds. The number of anilines is 1. The first-order valence-corrected chi connectivity index (χ1v) is 7.13. The Morgan fingerprint density at radius 1 is 1.29 bits per heavy atom. The summed E-state index contributed by atoms with van der Waals surface area (Å²) in [4.78, 5) is 12.0. The minimum absolute atomic E-state index is 0.0519. The summed E-state index contributed by atoms with van der Waals surface area (Å²) >= 11 is 0. The van der Waals surface area contributed by atoms with Gasteiger partial charge in [0.1, 0.15) is 5.76 Å². The minimum atomic E-state index is -0.0918. The summed E-state index contributed by atoms with van der Waals surface area (Å²) in [7, 11) is 0. The first kappa shape index (κ1) is 13.5. The van der Waals surface area contributed by atoms with Crippen LogP contribution in [0.3, 0.4) is 0 Å². The van der Waals surface area contributed by atoms with E-state index in [-0.39, 0.29) is 11.9 Å². The maximum Gasteiger partial charge on any atom is 0.244 e. The molecule has 21 heavy (non-hydrogen) atoms. The Morgan fingerprint density at radius 2 is 2.10 bits per heavy atom. The molecule has 0 aliphatic heterocycles. The first-order valence-electron chi connectivity index (χ1n) is 7.13. The van der Waals surface area contributed by atoms with Gasteiger partial charge in [0.2, 0.25) is 5.91 Å². The van der Waals surface area contributed by atoms with Crippen LogP contribution < -0.4 is 11.1 Å². The van der Waals surface area contributed by atoms with E-state index in [4.69, 9.17) is 10.2 Å². The molecule has 0 spiro atoms. The van der Waals surface area contributed by atoms with Crippen molar-refractivity contribution in [1.82, 2.24) is 5.32 Å². The predicted molar refractivity (Wildman–Crippen MR) is 82.4 cm³/mol. The number of furan rings is 1. The number of nitrogens with two attached hydrogens (primary N) is 1. The van der Waals surface area contributed by atoms with Crippen LogP contribution in [0.2, 0.25) is 0 Å². The van der Waals surface area contributed by atoms with Crippen molar-refractivity contribution in [1.29, 1.82) is 0 Å². The van der Waals surface area contributed by atoms with Crippen molar-refractivity contribution < 1.29 is 9.21 Å². The van der Waals surface area contributed by atoms with E-state index in [2.05, 4.69) is 5.32 Å². The highest BCUT2D eigenvalue weighted by Crippen LogP contribution is 2.30. The lowest BCUT2D eigenvalue weighted by atomic mass is 9.93. The van der Waals surface area contributed by atoms with Crippen LogP contribution in [-0.4, -0.2) is 5.91 Å². The second-order valence-corrected chi connectivity index (χ2v) is 5.25. The minimum Gasteiger partial charge on any atom is -0.469 e. The molecule has 108 valence electrons. The van der Waals surface area contributed by atoms with Crippen molar-refractivity contribution in [2.24, 2.45) is 0 Å². The summed E-state index contributed by atoms with van der Waals surface area (Å²) in [6, 6.07) is 9.40. The molecule has 0 fully saturated rings. The summed E-state index contributed by atoms with van der Waals surface area (Å²) in [5.41, 5.74) is 8.40. The van der Waals surface area contributed by atoms with Gasteiger partial charge in [-0.3, -0.25) is 4.79 Å². The molecule has 3 N–H and O–H groups in total. The molecule has 0 saturated heterocycles. The standard InChI is InChI=1S/C17H18N2O2/c18-13-7-4-12(5-8-13)6-9-17(20)19-15-2-1-3-16-14(15)10-11-21-16/h4-11,15H,1-3,18H2,(H,19,20)/b9-6+. The third-order valence-electron chi connectivity index (χ3n) is 3.73. The fourth-order valence-electron chi connectivity index (χ4n) is 2.64. The maximum absolute atomic E-state index is 12.0. The van der Waals surface area contributed by atoms with Gasteiger partial charge in [-0.05, 0) is 42.7 Å². The lowest BCUT2D eigenvalue weighted by Crippen LogP contribution is -2.28. The fraction of sp³-hybridized carbons (Fsp3) is 0.235. The Bertz CT molecular complexity index is 656. The molecule has 1 aliphatic carbocycles. The topological polar surface area (TPSA) is 68.3 Å². The number of benzene rings is 1. The number of carbonyl (C=O) groups excluding carboxylic acids is 1. The monoisotopic (exact) mass is 282 g/mol. The number of amides is 1. The summed E-state index contributed by atoms with van der Waals surface area (Å²) in [5, 5.41) is 3.03. The summed E-state index contributed by atoms with van der Waals surface area (Å²) < 4.78 is 5.43. The van der Waals surface area contributed by atoms with Crippen LogP contribution in [-0.2, 0) is 11.2 Å². The van der Waals surface area contributed by atoms with E-state index in [1.807, 2.05) is 30.3 Å². The van der Waals surface area contributed by atoms with Gasteiger partial charge >= 0.3 is 0 Å². The van der Waals surface area contributed by atoms with Gasteiger partial charge in [-0.15, -0.1) is 0 Å². The van der Waals surface area contributed by atoms with Crippen molar-refractivity contribution in [3.63, 3.8) is 0 Å². The lowest BCUT2D eigenvalue weighted by Gasteiger charge is -2.21. The van der Waals surface area contributed by atoms with Crippen LogP contribution in [0.15, 0.2) is 47.1 Å². The van der Waals surface area contributed by atoms with Crippen molar-refractivity contribution in [2.75, 3.05) is 5.73 Å². The molecule has 1 aromatic heterocycles. The second-order valence-electron chi connectivity index (χ2n) is 5.25. The number of fused-ring (bicyclic) bond motifs is 1. The van der Waals surface area contributed by atoms with Crippen LogP contribution in [0, 0.1) is 0 Å². The van der Waals surface area contributed by atoms with Crippen LogP contribution in [0.1, 0.15) is 35.8 Å². The second kappa shape index (κ2) is 5.87. The van der Waals surface area contributed by atoms with E-state index in [1.165, 1.54) is 0 Å². The van der Waals surface area contributed by atoms with Crippen molar-refractivity contribution in [3.8, 4) is 0 Å². The predicted octanol–water partition coefficient (Wildman–Crippen LogP) is 3.07. The van der Waals surface area contributed by atoms with E-state index in [1.54, 1.807) is 18.4 Å². The Morgan fingerprint density at radius 3 is 2.90 bits per heavy atom. The van der Waals surface area contributed by atoms with Crippen LogP contribution >= 0.6 is 0 Å². The van der Waals surface area contributed by atoms with E-state index in [0.717, 1.165) is 36.1 Å². The van der Waals surface area contributed by atoms with E-state index in [0.29, 0.717) is 5.69 Å². The van der Waals surface area contributed by atoms with Gasteiger partial charge in [0.15, 0.2) is 0 Å². The summed E-state index contributed by atoms with van der Waals surface area (Å²) in [6.07, 6.45) is 7.98. The van der Waals surface area contributed by atoms with Crippen LogP contribution in [0.5, 0.6) is 0 Å². The molecule has 4 heteroatoms. The molecule has 0 saturated carbocycles. The fourth-order valence-corrected chi connectivity index (χ4v) is 2.64. The Kier molecular flexibility index (Phi) is 3.77. The molecular formula is C17H18N2O2. The molecule has 1 unspecified atom stereocenters. The van der Waals surface area contributed by atoms with E-state index in [9.17, 15) is 4.79 Å². The van der Waals surface area contributed by atoms with Gasteiger partial charge < -0.3 is 15.5 Å². The van der Waals surface area contributed by atoms with Gasteiger partial charge in [0, 0.05) is 23.7 Å². The highest BCUT2D eigenvalue weighted by Gasteiger charge is 2.23. The number of nitrogens with one attached hydrogen (secondary N) is 1. The highest BCUT2D eigenvalue weighted by molar-refractivity contribution is 5.92. The van der Waals surface area contributed by atoms with E-state index < -0.39 is 0 Å². The highest BCUT2D eigenvalue weighted by atomic mass is 16.3. The Balaban J connectivity index is 1.64.